The fourth-order valence-corrected chi connectivity index (χ4v) is 3.32. The van der Waals surface area contributed by atoms with E-state index < -0.39 is 11.6 Å². The molecular weight excluding hydrogens is 316 g/mol. The predicted octanol–water partition coefficient (Wildman–Crippen LogP) is 0.882. The van der Waals surface area contributed by atoms with Crippen molar-refractivity contribution in [1.82, 2.24) is 14.7 Å². The molecule has 0 saturated carbocycles. The standard InChI is InChI=1S/C17H21F2N3O2/c1-20-6-7-21-8-9-22(11-15(21)17(20)24)16(23)5-3-12-2-4-13(18)10-14(12)19/h2,4,10,15H,3,5-9,11H2,1H3/t15-/m0/s1. The second-order valence-corrected chi connectivity index (χ2v) is 6.39. The molecule has 0 bridgehead atoms. The molecule has 0 aromatic heterocycles. The maximum atomic E-state index is 13.6. The highest BCUT2D eigenvalue weighted by Crippen LogP contribution is 2.18. The van der Waals surface area contributed by atoms with Crippen molar-refractivity contribution in [2.75, 3.05) is 39.8 Å². The number of amides is 2. The topological polar surface area (TPSA) is 43.9 Å². The highest BCUT2D eigenvalue weighted by molar-refractivity contribution is 5.84. The van der Waals surface area contributed by atoms with E-state index in [1.807, 2.05) is 0 Å². The number of carbonyl (C=O) groups is 2. The number of nitrogens with zero attached hydrogens (tertiary/aromatic N) is 3. The van der Waals surface area contributed by atoms with Gasteiger partial charge >= 0.3 is 0 Å². The SMILES string of the molecule is CN1CCN2CCN(C(=O)CCc3ccc(F)cc3F)C[C@H]2C1=O. The Balaban J connectivity index is 1.58. The second-order valence-electron chi connectivity index (χ2n) is 6.39. The van der Waals surface area contributed by atoms with Crippen LogP contribution in [-0.4, -0.2) is 72.3 Å². The maximum Gasteiger partial charge on any atom is 0.241 e. The van der Waals surface area contributed by atoms with Gasteiger partial charge in [-0.25, -0.2) is 8.78 Å². The molecule has 0 aliphatic carbocycles. The number of aryl methyl sites for hydroxylation is 1. The van der Waals surface area contributed by atoms with Crippen molar-refractivity contribution >= 4 is 11.8 Å². The number of hydrogen-bond acceptors (Lipinski definition) is 3. The molecule has 1 aromatic carbocycles. The van der Waals surface area contributed by atoms with Gasteiger partial charge in [0.15, 0.2) is 0 Å². The molecule has 0 unspecified atom stereocenters. The van der Waals surface area contributed by atoms with Crippen LogP contribution in [0.3, 0.4) is 0 Å². The highest BCUT2D eigenvalue weighted by Gasteiger charge is 2.38. The molecule has 3 rings (SSSR count). The molecule has 2 amide bonds. The van der Waals surface area contributed by atoms with Crippen LogP contribution in [-0.2, 0) is 16.0 Å². The lowest BCUT2D eigenvalue weighted by Gasteiger charge is -2.45. The smallest absolute Gasteiger partial charge is 0.241 e. The van der Waals surface area contributed by atoms with Gasteiger partial charge in [0.1, 0.15) is 17.7 Å². The molecule has 5 nitrogen and oxygen atoms in total. The van der Waals surface area contributed by atoms with Gasteiger partial charge in [-0.05, 0) is 18.1 Å². The van der Waals surface area contributed by atoms with Crippen molar-refractivity contribution in [1.29, 1.82) is 0 Å². The number of likely N-dealkylation sites (N-methyl/N-ethyl adjacent to an activating group) is 1. The van der Waals surface area contributed by atoms with Crippen molar-refractivity contribution in [3.05, 3.63) is 35.4 Å². The van der Waals surface area contributed by atoms with Gasteiger partial charge in [0, 0.05) is 52.3 Å². The minimum absolute atomic E-state index is 0.0447. The summed E-state index contributed by atoms with van der Waals surface area (Å²) in [5.74, 6) is -1.31. The third-order valence-corrected chi connectivity index (χ3v) is 4.85. The zero-order chi connectivity index (χ0) is 17.3. The minimum atomic E-state index is -0.628. The molecule has 24 heavy (non-hydrogen) atoms. The molecule has 0 radical (unpaired) electrons. The van der Waals surface area contributed by atoms with Crippen molar-refractivity contribution in [3.8, 4) is 0 Å². The average Bonchev–Trinajstić information content (AvgIpc) is 2.57. The summed E-state index contributed by atoms with van der Waals surface area (Å²) in [4.78, 5) is 30.1. The Morgan fingerprint density at radius 1 is 1.21 bits per heavy atom. The van der Waals surface area contributed by atoms with Gasteiger partial charge in [0.05, 0.1) is 0 Å². The highest BCUT2D eigenvalue weighted by atomic mass is 19.1. The van der Waals surface area contributed by atoms with Crippen molar-refractivity contribution in [2.45, 2.75) is 18.9 Å². The van der Waals surface area contributed by atoms with E-state index in [2.05, 4.69) is 4.90 Å². The first-order valence-electron chi connectivity index (χ1n) is 8.16. The van der Waals surface area contributed by atoms with E-state index in [4.69, 9.17) is 0 Å². The van der Waals surface area contributed by atoms with E-state index in [0.717, 1.165) is 12.6 Å². The summed E-state index contributed by atoms with van der Waals surface area (Å²) in [6.45, 7) is 3.19. The minimum Gasteiger partial charge on any atom is -0.343 e. The van der Waals surface area contributed by atoms with Gasteiger partial charge in [-0.15, -0.1) is 0 Å². The molecule has 7 heteroatoms. The van der Waals surface area contributed by atoms with Crippen molar-refractivity contribution in [2.24, 2.45) is 0 Å². The lowest BCUT2D eigenvalue weighted by atomic mass is 10.1. The zero-order valence-electron chi connectivity index (χ0n) is 13.7. The fraction of sp³-hybridized carbons (Fsp3) is 0.529. The van der Waals surface area contributed by atoms with Crippen LogP contribution in [0.4, 0.5) is 8.78 Å². The van der Waals surface area contributed by atoms with E-state index in [1.165, 1.54) is 12.1 Å². The van der Waals surface area contributed by atoms with Crippen LogP contribution in [0.25, 0.3) is 0 Å². The summed E-state index contributed by atoms with van der Waals surface area (Å²) in [6, 6.07) is 3.12. The van der Waals surface area contributed by atoms with Crippen molar-refractivity contribution < 1.29 is 18.4 Å². The van der Waals surface area contributed by atoms with Crippen LogP contribution < -0.4 is 0 Å². The van der Waals surface area contributed by atoms with Crippen LogP contribution in [0.5, 0.6) is 0 Å². The van der Waals surface area contributed by atoms with E-state index in [0.29, 0.717) is 31.7 Å². The first kappa shape index (κ1) is 16.8. The third-order valence-electron chi connectivity index (χ3n) is 4.85. The first-order chi connectivity index (χ1) is 11.5. The summed E-state index contributed by atoms with van der Waals surface area (Å²) < 4.78 is 26.5. The molecule has 2 saturated heterocycles. The summed E-state index contributed by atoms with van der Waals surface area (Å²) in [7, 11) is 1.78. The zero-order valence-corrected chi connectivity index (χ0v) is 13.7. The fourth-order valence-electron chi connectivity index (χ4n) is 3.32. The van der Waals surface area contributed by atoms with Gasteiger partial charge in [-0.1, -0.05) is 6.07 Å². The van der Waals surface area contributed by atoms with E-state index in [-0.39, 0.29) is 30.7 Å². The Morgan fingerprint density at radius 2 is 1.96 bits per heavy atom. The number of hydrogen-bond donors (Lipinski definition) is 0. The van der Waals surface area contributed by atoms with Crippen LogP contribution in [0, 0.1) is 11.6 Å². The second kappa shape index (κ2) is 6.84. The number of fused-ring (bicyclic) bond motifs is 1. The Hall–Kier alpha value is -2.02. The molecule has 1 aromatic rings. The number of piperazine rings is 2. The molecule has 130 valence electrons. The summed E-state index contributed by atoms with van der Waals surface area (Å²) in [6.07, 6.45) is 0.378. The van der Waals surface area contributed by atoms with Gasteiger partial charge in [0.2, 0.25) is 11.8 Å². The molecule has 2 aliphatic rings. The summed E-state index contributed by atoms with van der Waals surface area (Å²) >= 11 is 0. The van der Waals surface area contributed by atoms with Gasteiger partial charge in [0.25, 0.3) is 0 Å². The van der Waals surface area contributed by atoms with Gasteiger partial charge in [-0.2, -0.15) is 0 Å². The number of carbonyl (C=O) groups excluding carboxylic acids is 2. The molecular formula is C17H21F2N3O2. The molecule has 0 spiro atoms. The van der Waals surface area contributed by atoms with Crippen LogP contribution in [0.15, 0.2) is 18.2 Å². The molecule has 1 atom stereocenters. The predicted molar refractivity (Wildman–Crippen MR) is 84.3 cm³/mol. The van der Waals surface area contributed by atoms with Gasteiger partial charge < -0.3 is 9.80 Å². The Kier molecular flexibility index (Phi) is 4.80. The quantitative estimate of drug-likeness (QED) is 0.823. The Labute approximate surface area is 139 Å². The molecule has 2 fully saturated rings. The number of halogens is 2. The summed E-state index contributed by atoms with van der Waals surface area (Å²) in [5, 5.41) is 0. The molecule has 0 N–H and O–H groups in total. The van der Waals surface area contributed by atoms with E-state index >= 15 is 0 Å². The molecule has 2 aliphatic heterocycles. The van der Waals surface area contributed by atoms with Gasteiger partial charge in [-0.3, -0.25) is 14.5 Å². The third kappa shape index (κ3) is 3.40. The monoisotopic (exact) mass is 337 g/mol. The average molecular weight is 337 g/mol. The Bertz CT molecular complexity index is 653. The maximum absolute atomic E-state index is 13.6. The van der Waals surface area contributed by atoms with Crippen LogP contribution >= 0.6 is 0 Å². The summed E-state index contributed by atoms with van der Waals surface area (Å²) in [5.41, 5.74) is 0.330. The lowest BCUT2D eigenvalue weighted by molar-refractivity contribution is -0.147. The van der Waals surface area contributed by atoms with E-state index in [1.54, 1.807) is 16.8 Å². The Morgan fingerprint density at radius 3 is 2.71 bits per heavy atom. The lowest BCUT2D eigenvalue weighted by Crippen LogP contribution is -2.64. The molecule has 2 heterocycles. The van der Waals surface area contributed by atoms with E-state index in [9.17, 15) is 18.4 Å². The van der Waals surface area contributed by atoms with Crippen LogP contribution in [0.1, 0.15) is 12.0 Å². The number of benzene rings is 1. The number of rotatable bonds is 3. The van der Waals surface area contributed by atoms with Crippen LogP contribution in [0.2, 0.25) is 0 Å². The first-order valence-corrected chi connectivity index (χ1v) is 8.16. The van der Waals surface area contributed by atoms with Crippen molar-refractivity contribution in [3.63, 3.8) is 0 Å². The largest absolute Gasteiger partial charge is 0.343 e. The normalized spacial score (nSPS) is 21.8.